The molecule has 1 fully saturated rings. The van der Waals surface area contributed by atoms with E-state index in [2.05, 4.69) is 23.7 Å². The van der Waals surface area contributed by atoms with Crippen molar-refractivity contribution in [3.05, 3.63) is 17.1 Å². The van der Waals surface area contributed by atoms with Gasteiger partial charge in [-0.05, 0) is 51.9 Å². The van der Waals surface area contributed by atoms with Crippen LogP contribution in [0.25, 0.3) is 0 Å². The summed E-state index contributed by atoms with van der Waals surface area (Å²) in [6.07, 6.45) is 5.35. The van der Waals surface area contributed by atoms with Crippen molar-refractivity contribution >= 4 is 11.8 Å². The van der Waals surface area contributed by atoms with E-state index in [4.69, 9.17) is 9.72 Å². The van der Waals surface area contributed by atoms with Crippen LogP contribution in [0, 0.1) is 18.3 Å². The van der Waals surface area contributed by atoms with Crippen LogP contribution in [0.3, 0.4) is 0 Å². The molecule has 1 aromatic heterocycles. The van der Waals surface area contributed by atoms with Gasteiger partial charge >= 0.3 is 5.97 Å². The SMILES string of the molecule is CCOC(=O)C1(C(C)C)CCN(c2nc(C)nc3c2CCCC3)C1. The van der Waals surface area contributed by atoms with E-state index in [0.717, 1.165) is 37.4 Å². The van der Waals surface area contributed by atoms with Gasteiger partial charge in [-0.1, -0.05) is 13.8 Å². The summed E-state index contributed by atoms with van der Waals surface area (Å²) in [5.41, 5.74) is 2.09. The quantitative estimate of drug-likeness (QED) is 0.794. The average Bonchev–Trinajstić information content (AvgIpc) is 3.01. The Morgan fingerprint density at radius 2 is 2.04 bits per heavy atom. The molecule has 2 heterocycles. The summed E-state index contributed by atoms with van der Waals surface area (Å²) in [5, 5.41) is 0. The number of hydrogen-bond acceptors (Lipinski definition) is 5. The van der Waals surface area contributed by atoms with E-state index < -0.39 is 5.41 Å². The number of nitrogens with zero attached hydrogens (tertiary/aromatic N) is 3. The normalized spacial score (nSPS) is 23.5. The van der Waals surface area contributed by atoms with Crippen molar-refractivity contribution in [2.24, 2.45) is 11.3 Å². The lowest BCUT2D eigenvalue weighted by Crippen LogP contribution is -2.41. The van der Waals surface area contributed by atoms with Crippen LogP contribution in [0.2, 0.25) is 0 Å². The van der Waals surface area contributed by atoms with Crippen LogP contribution in [0.4, 0.5) is 5.82 Å². The molecule has 0 radical (unpaired) electrons. The maximum Gasteiger partial charge on any atom is 0.314 e. The summed E-state index contributed by atoms with van der Waals surface area (Å²) < 4.78 is 5.41. The molecule has 5 heteroatoms. The molecule has 1 aliphatic heterocycles. The van der Waals surface area contributed by atoms with Crippen molar-refractivity contribution in [3.63, 3.8) is 0 Å². The largest absolute Gasteiger partial charge is 0.466 e. The fourth-order valence-electron chi connectivity index (χ4n) is 4.12. The second-order valence-corrected chi connectivity index (χ2v) is 7.43. The number of carbonyl (C=O) groups excluding carboxylic acids is 1. The summed E-state index contributed by atoms with van der Waals surface area (Å²) in [7, 11) is 0. The number of fused-ring (bicyclic) bond motifs is 1. The van der Waals surface area contributed by atoms with Gasteiger partial charge < -0.3 is 9.64 Å². The third-order valence-electron chi connectivity index (χ3n) is 5.66. The van der Waals surface area contributed by atoms with Crippen LogP contribution < -0.4 is 4.90 Å². The molecule has 24 heavy (non-hydrogen) atoms. The number of ether oxygens (including phenoxy) is 1. The van der Waals surface area contributed by atoms with Crippen LogP contribution in [-0.2, 0) is 22.4 Å². The lowest BCUT2D eigenvalue weighted by molar-refractivity contribution is -0.156. The van der Waals surface area contributed by atoms with Crippen LogP contribution in [0.15, 0.2) is 0 Å². The minimum Gasteiger partial charge on any atom is -0.466 e. The minimum atomic E-state index is -0.420. The van der Waals surface area contributed by atoms with Gasteiger partial charge in [0.1, 0.15) is 11.6 Å². The highest BCUT2D eigenvalue weighted by molar-refractivity contribution is 5.79. The first-order valence-electron chi connectivity index (χ1n) is 9.26. The molecular formula is C19H29N3O2. The molecule has 0 amide bonds. The predicted molar refractivity (Wildman–Crippen MR) is 94.1 cm³/mol. The smallest absolute Gasteiger partial charge is 0.314 e. The van der Waals surface area contributed by atoms with Crippen molar-refractivity contribution in [2.45, 2.75) is 59.8 Å². The van der Waals surface area contributed by atoms with Gasteiger partial charge in [-0.2, -0.15) is 0 Å². The zero-order chi connectivity index (χ0) is 17.3. The number of aryl methyl sites for hydroxylation is 2. The standard InChI is InChI=1S/C19H29N3O2/c1-5-24-18(23)19(13(2)3)10-11-22(12-19)17-15-8-6-7-9-16(15)20-14(4)21-17/h13H,5-12H2,1-4H3. The number of carbonyl (C=O) groups is 1. The first-order chi connectivity index (χ1) is 11.5. The second kappa shape index (κ2) is 6.69. The van der Waals surface area contributed by atoms with Crippen LogP contribution in [0.1, 0.15) is 57.1 Å². The molecule has 1 atom stereocenters. The number of aromatic nitrogens is 2. The number of anilines is 1. The molecule has 0 spiro atoms. The van der Waals surface area contributed by atoms with E-state index in [1.165, 1.54) is 24.1 Å². The van der Waals surface area contributed by atoms with Crippen molar-refractivity contribution in [1.29, 1.82) is 0 Å². The van der Waals surface area contributed by atoms with E-state index in [1.54, 1.807) is 0 Å². The number of rotatable bonds is 4. The van der Waals surface area contributed by atoms with Crippen molar-refractivity contribution < 1.29 is 9.53 Å². The summed E-state index contributed by atoms with van der Waals surface area (Å²) in [6.45, 7) is 10.1. The van der Waals surface area contributed by atoms with Crippen molar-refractivity contribution in [2.75, 3.05) is 24.6 Å². The van der Waals surface area contributed by atoms with Crippen LogP contribution in [0.5, 0.6) is 0 Å². The van der Waals surface area contributed by atoms with Crippen molar-refractivity contribution in [3.8, 4) is 0 Å². The first-order valence-corrected chi connectivity index (χ1v) is 9.26. The van der Waals surface area contributed by atoms with Gasteiger partial charge in [0.15, 0.2) is 0 Å². The van der Waals surface area contributed by atoms with E-state index in [-0.39, 0.29) is 11.9 Å². The molecule has 0 N–H and O–H groups in total. The highest BCUT2D eigenvalue weighted by Gasteiger charge is 2.49. The molecule has 1 aliphatic carbocycles. The Balaban J connectivity index is 1.92. The maximum atomic E-state index is 12.7. The molecular weight excluding hydrogens is 302 g/mol. The predicted octanol–water partition coefficient (Wildman–Crippen LogP) is 3.08. The van der Waals surface area contributed by atoms with Gasteiger partial charge in [-0.25, -0.2) is 9.97 Å². The summed E-state index contributed by atoms with van der Waals surface area (Å²) in [6, 6.07) is 0. The van der Waals surface area contributed by atoms with Gasteiger partial charge in [0, 0.05) is 24.3 Å². The zero-order valence-corrected chi connectivity index (χ0v) is 15.4. The van der Waals surface area contributed by atoms with E-state index >= 15 is 0 Å². The van der Waals surface area contributed by atoms with Crippen LogP contribution >= 0.6 is 0 Å². The van der Waals surface area contributed by atoms with E-state index in [1.807, 2.05) is 13.8 Å². The number of hydrogen-bond donors (Lipinski definition) is 0. The van der Waals surface area contributed by atoms with E-state index in [9.17, 15) is 4.79 Å². The number of esters is 1. The van der Waals surface area contributed by atoms with Gasteiger partial charge in [-0.15, -0.1) is 0 Å². The molecule has 0 saturated carbocycles. The molecule has 1 saturated heterocycles. The Morgan fingerprint density at radius 3 is 2.75 bits per heavy atom. The maximum absolute atomic E-state index is 12.7. The summed E-state index contributed by atoms with van der Waals surface area (Å²) in [4.78, 5) is 24.4. The monoisotopic (exact) mass is 331 g/mol. The zero-order valence-electron chi connectivity index (χ0n) is 15.4. The lowest BCUT2D eigenvalue weighted by atomic mass is 9.76. The molecule has 0 bridgehead atoms. The molecule has 1 aromatic rings. The third-order valence-corrected chi connectivity index (χ3v) is 5.66. The Morgan fingerprint density at radius 1 is 1.29 bits per heavy atom. The average molecular weight is 331 g/mol. The Hall–Kier alpha value is -1.65. The third kappa shape index (κ3) is 2.89. The molecule has 5 nitrogen and oxygen atoms in total. The molecule has 132 valence electrons. The molecule has 1 unspecified atom stereocenters. The molecule has 0 aromatic carbocycles. The topological polar surface area (TPSA) is 55.3 Å². The van der Waals surface area contributed by atoms with Gasteiger partial charge in [0.2, 0.25) is 0 Å². The molecule has 2 aliphatic rings. The fraction of sp³-hybridized carbons (Fsp3) is 0.737. The van der Waals surface area contributed by atoms with Crippen LogP contribution in [-0.4, -0.2) is 35.6 Å². The van der Waals surface area contributed by atoms with Gasteiger partial charge in [0.25, 0.3) is 0 Å². The van der Waals surface area contributed by atoms with Gasteiger partial charge in [-0.3, -0.25) is 4.79 Å². The summed E-state index contributed by atoms with van der Waals surface area (Å²) in [5.74, 6) is 2.09. The summed E-state index contributed by atoms with van der Waals surface area (Å²) >= 11 is 0. The Bertz CT molecular complexity index is 629. The van der Waals surface area contributed by atoms with Crippen molar-refractivity contribution in [1.82, 2.24) is 9.97 Å². The highest BCUT2D eigenvalue weighted by atomic mass is 16.5. The van der Waals surface area contributed by atoms with E-state index in [0.29, 0.717) is 13.2 Å². The second-order valence-electron chi connectivity index (χ2n) is 7.43. The minimum absolute atomic E-state index is 0.0536. The van der Waals surface area contributed by atoms with Gasteiger partial charge in [0.05, 0.1) is 12.0 Å². The highest BCUT2D eigenvalue weighted by Crippen LogP contribution is 2.42. The first kappa shape index (κ1) is 17.2. The fourth-order valence-corrected chi connectivity index (χ4v) is 4.12. The Labute approximate surface area is 144 Å². The lowest BCUT2D eigenvalue weighted by Gasteiger charge is -2.32. The molecule has 3 rings (SSSR count). The Kier molecular flexibility index (Phi) is 4.79.